The summed E-state index contributed by atoms with van der Waals surface area (Å²) in [5.74, 6) is 0. The van der Waals surface area contributed by atoms with Crippen molar-refractivity contribution >= 4 is 11.6 Å². The van der Waals surface area contributed by atoms with Crippen molar-refractivity contribution in [3.8, 4) is 0 Å². The summed E-state index contributed by atoms with van der Waals surface area (Å²) >= 11 is 6.13. The standard InChI is InChI=1S/C18H22ClN/c1-3-11-20-18(16-9-6-10-17(19)12-16)13-15-8-5-4-7-14(15)2/h4-10,12,18,20H,3,11,13H2,1-2H3. The van der Waals surface area contributed by atoms with Gasteiger partial charge in [0, 0.05) is 11.1 Å². The Bertz CT molecular complexity index is 551. The maximum absolute atomic E-state index is 6.13. The first-order valence-electron chi connectivity index (χ1n) is 7.24. The van der Waals surface area contributed by atoms with Crippen LogP contribution < -0.4 is 5.32 Å². The van der Waals surface area contributed by atoms with E-state index in [0.29, 0.717) is 6.04 Å². The zero-order valence-electron chi connectivity index (χ0n) is 12.2. The highest BCUT2D eigenvalue weighted by molar-refractivity contribution is 6.30. The lowest BCUT2D eigenvalue weighted by atomic mass is 9.96. The maximum atomic E-state index is 6.13. The van der Waals surface area contributed by atoms with Gasteiger partial charge in [-0.2, -0.15) is 0 Å². The summed E-state index contributed by atoms with van der Waals surface area (Å²) < 4.78 is 0. The molecule has 1 nitrogen and oxygen atoms in total. The summed E-state index contributed by atoms with van der Waals surface area (Å²) in [4.78, 5) is 0. The van der Waals surface area contributed by atoms with E-state index in [9.17, 15) is 0 Å². The molecule has 0 saturated carbocycles. The van der Waals surface area contributed by atoms with Gasteiger partial charge < -0.3 is 5.32 Å². The molecule has 0 bridgehead atoms. The van der Waals surface area contributed by atoms with Crippen LogP contribution in [0.1, 0.15) is 36.1 Å². The molecule has 0 spiro atoms. The quantitative estimate of drug-likeness (QED) is 0.794. The number of nitrogens with one attached hydrogen (secondary N) is 1. The van der Waals surface area contributed by atoms with Crippen LogP contribution >= 0.6 is 11.6 Å². The van der Waals surface area contributed by atoms with Crippen LogP contribution in [-0.2, 0) is 6.42 Å². The third-order valence-electron chi connectivity index (χ3n) is 3.58. The number of benzene rings is 2. The van der Waals surface area contributed by atoms with Crippen LogP contribution in [0.4, 0.5) is 0 Å². The summed E-state index contributed by atoms with van der Waals surface area (Å²) in [6.45, 7) is 5.38. The monoisotopic (exact) mass is 287 g/mol. The van der Waals surface area contributed by atoms with Crippen molar-refractivity contribution in [2.75, 3.05) is 6.54 Å². The Morgan fingerprint density at radius 2 is 1.90 bits per heavy atom. The third-order valence-corrected chi connectivity index (χ3v) is 3.81. The smallest absolute Gasteiger partial charge is 0.0409 e. The molecule has 2 heteroatoms. The Morgan fingerprint density at radius 1 is 1.10 bits per heavy atom. The summed E-state index contributed by atoms with van der Waals surface area (Å²) in [5, 5.41) is 4.43. The first-order chi connectivity index (χ1) is 9.70. The maximum Gasteiger partial charge on any atom is 0.0409 e. The van der Waals surface area contributed by atoms with E-state index in [2.05, 4.69) is 55.6 Å². The fourth-order valence-corrected chi connectivity index (χ4v) is 2.61. The van der Waals surface area contributed by atoms with E-state index in [1.807, 2.05) is 12.1 Å². The lowest BCUT2D eigenvalue weighted by molar-refractivity contribution is 0.528. The summed E-state index contributed by atoms with van der Waals surface area (Å²) in [6, 6.07) is 17.1. The summed E-state index contributed by atoms with van der Waals surface area (Å²) in [5.41, 5.74) is 3.99. The minimum Gasteiger partial charge on any atom is -0.310 e. The number of aryl methyl sites for hydroxylation is 1. The van der Waals surface area contributed by atoms with Gasteiger partial charge in [0.25, 0.3) is 0 Å². The Labute approximate surface area is 127 Å². The largest absolute Gasteiger partial charge is 0.310 e. The van der Waals surface area contributed by atoms with Crippen LogP contribution in [0.5, 0.6) is 0 Å². The van der Waals surface area contributed by atoms with E-state index < -0.39 is 0 Å². The molecule has 0 fully saturated rings. The molecule has 20 heavy (non-hydrogen) atoms. The molecule has 1 unspecified atom stereocenters. The van der Waals surface area contributed by atoms with E-state index >= 15 is 0 Å². The van der Waals surface area contributed by atoms with Gasteiger partial charge in [0.2, 0.25) is 0 Å². The third kappa shape index (κ3) is 4.09. The van der Waals surface area contributed by atoms with Crippen molar-refractivity contribution in [3.63, 3.8) is 0 Å². The molecular weight excluding hydrogens is 266 g/mol. The Hall–Kier alpha value is -1.31. The van der Waals surface area contributed by atoms with Crippen molar-refractivity contribution in [3.05, 3.63) is 70.2 Å². The Balaban J connectivity index is 2.21. The van der Waals surface area contributed by atoms with Crippen molar-refractivity contribution in [1.29, 1.82) is 0 Å². The Morgan fingerprint density at radius 3 is 2.60 bits per heavy atom. The second-order valence-corrected chi connectivity index (χ2v) is 5.63. The fourth-order valence-electron chi connectivity index (χ4n) is 2.41. The van der Waals surface area contributed by atoms with Gasteiger partial charge in [0.15, 0.2) is 0 Å². The van der Waals surface area contributed by atoms with Crippen molar-refractivity contribution in [2.24, 2.45) is 0 Å². The van der Waals surface area contributed by atoms with Crippen molar-refractivity contribution in [2.45, 2.75) is 32.7 Å². The highest BCUT2D eigenvalue weighted by Crippen LogP contribution is 2.23. The van der Waals surface area contributed by atoms with Crippen LogP contribution in [0.3, 0.4) is 0 Å². The molecule has 1 atom stereocenters. The predicted octanol–water partition coefficient (Wildman–Crippen LogP) is 4.93. The van der Waals surface area contributed by atoms with Crippen LogP contribution in [0.15, 0.2) is 48.5 Å². The molecule has 2 aromatic rings. The minimum absolute atomic E-state index is 0.315. The number of hydrogen-bond acceptors (Lipinski definition) is 1. The molecule has 0 amide bonds. The van der Waals surface area contributed by atoms with Crippen LogP contribution in [0, 0.1) is 6.92 Å². The highest BCUT2D eigenvalue weighted by atomic mass is 35.5. The number of rotatable bonds is 6. The van der Waals surface area contributed by atoms with E-state index in [1.54, 1.807) is 0 Å². The van der Waals surface area contributed by atoms with Crippen LogP contribution in [0.2, 0.25) is 5.02 Å². The molecule has 0 heterocycles. The second kappa shape index (κ2) is 7.47. The average molecular weight is 288 g/mol. The summed E-state index contributed by atoms with van der Waals surface area (Å²) in [6.07, 6.45) is 2.12. The van der Waals surface area contributed by atoms with E-state index in [4.69, 9.17) is 11.6 Å². The molecular formula is C18H22ClN. The van der Waals surface area contributed by atoms with Crippen molar-refractivity contribution in [1.82, 2.24) is 5.32 Å². The number of halogens is 1. The van der Waals surface area contributed by atoms with E-state index in [0.717, 1.165) is 24.4 Å². The molecule has 2 rings (SSSR count). The highest BCUT2D eigenvalue weighted by Gasteiger charge is 2.12. The van der Waals surface area contributed by atoms with Gasteiger partial charge in [-0.15, -0.1) is 0 Å². The first kappa shape index (κ1) is 15.1. The second-order valence-electron chi connectivity index (χ2n) is 5.19. The van der Waals surface area contributed by atoms with Crippen molar-refractivity contribution < 1.29 is 0 Å². The molecule has 0 aliphatic heterocycles. The van der Waals surface area contributed by atoms with Gasteiger partial charge in [0.1, 0.15) is 0 Å². The van der Waals surface area contributed by atoms with Gasteiger partial charge in [-0.05, 0) is 55.1 Å². The molecule has 0 aromatic heterocycles. The molecule has 1 N–H and O–H groups in total. The summed E-state index contributed by atoms with van der Waals surface area (Å²) in [7, 11) is 0. The molecule has 106 valence electrons. The van der Waals surface area contributed by atoms with Crippen LogP contribution in [-0.4, -0.2) is 6.54 Å². The first-order valence-corrected chi connectivity index (χ1v) is 7.62. The normalized spacial score (nSPS) is 12.3. The zero-order chi connectivity index (χ0) is 14.4. The predicted molar refractivity (Wildman–Crippen MR) is 87.4 cm³/mol. The zero-order valence-corrected chi connectivity index (χ0v) is 13.0. The Kier molecular flexibility index (Phi) is 5.63. The van der Waals surface area contributed by atoms with Gasteiger partial charge in [-0.3, -0.25) is 0 Å². The topological polar surface area (TPSA) is 12.0 Å². The molecule has 0 radical (unpaired) electrons. The lowest BCUT2D eigenvalue weighted by Crippen LogP contribution is -2.24. The van der Waals surface area contributed by atoms with E-state index in [1.165, 1.54) is 16.7 Å². The van der Waals surface area contributed by atoms with Gasteiger partial charge in [-0.1, -0.05) is 54.9 Å². The van der Waals surface area contributed by atoms with Gasteiger partial charge in [-0.25, -0.2) is 0 Å². The molecule has 0 aliphatic carbocycles. The molecule has 2 aromatic carbocycles. The van der Waals surface area contributed by atoms with Crippen LogP contribution in [0.25, 0.3) is 0 Å². The molecule has 0 saturated heterocycles. The minimum atomic E-state index is 0.315. The van der Waals surface area contributed by atoms with Gasteiger partial charge >= 0.3 is 0 Å². The fraction of sp³-hybridized carbons (Fsp3) is 0.333. The number of hydrogen-bond donors (Lipinski definition) is 1. The van der Waals surface area contributed by atoms with E-state index in [-0.39, 0.29) is 0 Å². The average Bonchev–Trinajstić information content (AvgIpc) is 2.45. The SMILES string of the molecule is CCCNC(Cc1ccccc1C)c1cccc(Cl)c1. The molecule has 0 aliphatic rings. The van der Waals surface area contributed by atoms with Gasteiger partial charge in [0.05, 0.1) is 0 Å². The lowest BCUT2D eigenvalue weighted by Gasteiger charge is -2.20.